The number of benzene rings is 2. The normalized spacial score (nSPS) is 11.6. The number of hydrogen-bond donors (Lipinski definition) is 2. The van der Waals surface area contributed by atoms with E-state index < -0.39 is 0 Å². The Morgan fingerprint density at radius 1 is 0.857 bits per heavy atom. The van der Waals surface area contributed by atoms with Gasteiger partial charge in [-0.1, -0.05) is 47.5 Å². The van der Waals surface area contributed by atoms with E-state index in [1.807, 2.05) is 48.5 Å². The molecule has 0 radical (unpaired) electrons. The predicted molar refractivity (Wildman–Crippen MR) is 89.1 cm³/mol. The van der Waals surface area contributed by atoms with Gasteiger partial charge in [-0.2, -0.15) is 0 Å². The first-order valence-corrected chi connectivity index (χ1v) is 7.71. The molecule has 21 heavy (non-hydrogen) atoms. The Balaban J connectivity index is 2.51. The second-order valence-electron chi connectivity index (χ2n) is 5.13. The third kappa shape index (κ3) is 3.58. The fraction of sp³-hybridized carbons (Fsp3) is 0.294. The summed E-state index contributed by atoms with van der Waals surface area (Å²) in [7, 11) is 0. The first kappa shape index (κ1) is 16.3. The SMILES string of the molecule is NCC(CCCO)(c1ccc(Cl)cc1)c1ccc(Cl)cc1. The van der Waals surface area contributed by atoms with Gasteiger partial charge in [0.25, 0.3) is 0 Å². The van der Waals surface area contributed by atoms with Gasteiger partial charge in [0, 0.05) is 28.6 Å². The maximum atomic E-state index is 9.22. The number of hydrogen-bond acceptors (Lipinski definition) is 2. The van der Waals surface area contributed by atoms with Crippen molar-refractivity contribution in [3.05, 3.63) is 69.7 Å². The quantitative estimate of drug-likeness (QED) is 0.843. The van der Waals surface area contributed by atoms with Gasteiger partial charge in [-0.25, -0.2) is 0 Å². The van der Waals surface area contributed by atoms with E-state index in [2.05, 4.69) is 0 Å². The van der Waals surface area contributed by atoms with Crippen LogP contribution in [0.4, 0.5) is 0 Å². The summed E-state index contributed by atoms with van der Waals surface area (Å²) in [6, 6.07) is 15.5. The molecule has 0 fully saturated rings. The smallest absolute Gasteiger partial charge is 0.0431 e. The molecule has 112 valence electrons. The average molecular weight is 324 g/mol. The van der Waals surface area contributed by atoms with Gasteiger partial charge in [0.1, 0.15) is 0 Å². The summed E-state index contributed by atoms with van der Waals surface area (Å²) in [5.74, 6) is 0. The van der Waals surface area contributed by atoms with Crippen molar-refractivity contribution in [1.82, 2.24) is 0 Å². The van der Waals surface area contributed by atoms with Crippen LogP contribution in [-0.2, 0) is 5.41 Å². The zero-order chi connectivity index (χ0) is 15.3. The van der Waals surface area contributed by atoms with Crippen LogP contribution in [0.25, 0.3) is 0 Å². The van der Waals surface area contributed by atoms with Crippen molar-refractivity contribution in [3.63, 3.8) is 0 Å². The summed E-state index contributed by atoms with van der Waals surface area (Å²) in [6.07, 6.45) is 1.45. The molecule has 3 N–H and O–H groups in total. The Hall–Kier alpha value is -1.06. The summed E-state index contributed by atoms with van der Waals surface area (Å²) in [4.78, 5) is 0. The maximum Gasteiger partial charge on any atom is 0.0431 e. The van der Waals surface area contributed by atoms with Gasteiger partial charge in [-0.05, 0) is 48.2 Å². The summed E-state index contributed by atoms with van der Waals surface area (Å²) in [5, 5.41) is 10.6. The number of aliphatic hydroxyl groups excluding tert-OH is 1. The van der Waals surface area contributed by atoms with E-state index in [4.69, 9.17) is 28.9 Å². The minimum Gasteiger partial charge on any atom is -0.396 e. The summed E-state index contributed by atoms with van der Waals surface area (Å²) in [6.45, 7) is 0.596. The lowest BCUT2D eigenvalue weighted by molar-refractivity contribution is 0.270. The van der Waals surface area contributed by atoms with Crippen LogP contribution in [0.5, 0.6) is 0 Å². The second kappa shape index (κ2) is 7.28. The van der Waals surface area contributed by atoms with E-state index in [9.17, 15) is 5.11 Å². The van der Waals surface area contributed by atoms with Crippen molar-refractivity contribution in [3.8, 4) is 0 Å². The van der Waals surface area contributed by atoms with E-state index in [0.717, 1.165) is 17.5 Å². The van der Waals surface area contributed by atoms with Crippen molar-refractivity contribution in [2.75, 3.05) is 13.2 Å². The van der Waals surface area contributed by atoms with Crippen molar-refractivity contribution >= 4 is 23.2 Å². The van der Waals surface area contributed by atoms with E-state index in [1.54, 1.807) is 0 Å². The van der Waals surface area contributed by atoms with Gasteiger partial charge >= 0.3 is 0 Å². The zero-order valence-electron chi connectivity index (χ0n) is 11.7. The molecule has 0 atom stereocenters. The summed E-state index contributed by atoms with van der Waals surface area (Å²) in [5.41, 5.74) is 8.01. The fourth-order valence-electron chi connectivity index (χ4n) is 2.71. The molecule has 0 saturated heterocycles. The molecule has 0 heterocycles. The van der Waals surface area contributed by atoms with Crippen LogP contribution in [0.1, 0.15) is 24.0 Å². The highest BCUT2D eigenvalue weighted by Gasteiger charge is 2.32. The number of nitrogens with two attached hydrogens (primary N) is 1. The molecule has 0 aliphatic carbocycles. The predicted octanol–water partition coefficient (Wildman–Crippen LogP) is 4.01. The second-order valence-corrected chi connectivity index (χ2v) is 6.00. The van der Waals surface area contributed by atoms with Crippen molar-refractivity contribution < 1.29 is 5.11 Å². The van der Waals surface area contributed by atoms with Crippen LogP contribution < -0.4 is 5.73 Å². The molecule has 2 rings (SSSR count). The molecule has 0 amide bonds. The molecular weight excluding hydrogens is 305 g/mol. The van der Waals surface area contributed by atoms with Crippen LogP contribution in [-0.4, -0.2) is 18.3 Å². The van der Waals surface area contributed by atoms with Gasteiger partial charge in [-0.15, -0.1) is 0 Å². The highest BCUT2D eigenvalue weighted by Crippen LogP contribution is 2.37. The molecule has 0 aromatic heterocycles. The van der Waals surface area contributed by atoms with Gasteiger partial charge < -0.3 is 10.8 Å². The number of aliphatic hydroxyl groups is 1. The lowest BCUT2D eigenvalue weighted by Crippen LogP contribution is -2.36. The Bertz CT molecular complexity index is 521. The molecule has 0 saturated carbocycles. The Kier molecular flexibility index (Phi) is 5.65. The van der Waals surface area contributed by atoms with Crippen LogP contribution >= 0.6 is 23.2 Å². The van der Waals surface area contributed by atoms with Crippen LogP contribution in [0, 0.1) is 0 Å². The highest BCUT2D eigenvalue weighted by atomic mass is 35.5. The maximum absolute atomic E-state index is 9.22. The number of rotatable bonds is 6. The van der Waals surface area contributed by atoms with E-state index >= 15 is 0 Å². The highest BCUT2D eigenvalue weighted by molar-refractivity contribution is 6.30. The fourth-order valence-corrected chi connectivity index (χ4v) is 2.96. The first-order valence-electron chi connectivity index (χ1n) is 6.95. The average Bonchev–Trinajstić information content (AvgIpc) is 2.51. The lowest BCUT2D eigenvalue weighted by Gasteiger charge is -2.34. The lowest BCUT2D eigenvalue weighted by atomic mass is 9.71. The van der Waals surface area contributed by atoms with Crippen LogP contribution in [0.3, 0.4) is 0 Å². The van der Waals surface area contributed by atoms with Crippen molar-refractivity contribution in [1.29, 1.82) is 0 Å². The van der Waals surface area contributed by atoms with E-state index in [1.165, 1.54) is 0 Å². The standard InChI is InChI=1S/C17H19Cl2NO/c18-15-6-2-13(3-7-15)17(12-20,10-1-11-21)14-4-8-16(19)9-5-14/h2-9,21H,1,10-12,20H2. The monoisotopic (exact) mass is 323 g/mol. The molecule has 4 heteroatoms. The molecule has 2 aromatic rings. The van der Waals surface area contributed by atoms with Crippen molar-refractivity contribution in [2.24, 2.45) is 5.73 Å². The molecule has 0 unspecified atom stereocenters. The van der Waals surface area contributed by atoms with Crippen LogP contribution in [0.2, 0.25) is 10.0 Å². The molecule has 2 aromatic carbocycles. The number of halogens is 2. The summed E-state index contributed by atoms with van der Waals surface area (Å²) >= 11 is 12.0. The molecule has 0 bridgehead atoms. The first-order chi connectivity index (χ1) is 10.1. The van der Waals surface area contributed by atoms with Gasteiger partial charge in [-0.3, -0.25) is 0 Å². The van der Waals surface area contributed by atoms with Gasteiger partial charge in [0.2, 0.25) is 0 Å². The minimum absolute atomic E-state index is 0.142. The largest absolute Gasteiger partial charge is 0.396 e. The third-order valence-electron chi connectivity index (χ3n) is 3.90. The van der Waals surface area contributed by atoms with E-state index in [-0.39, 0.29) is 12.0 Å². The molecule has 2 nitrogen and oxygen atoms in total. The van der Waals surface area contributed by atoms with Crippen molar-refractivity contribution in [2.45, 2.75) is 18.3 Å². The summed E-state index contributed by atoms with van der Waals surface area (Å²) < 4.78 is 0. The topological polar surface area (TPSA) is 46.2 Å². The molecule has 0 aliphatic heterocycles. The molecular formula is C17H19Cl2NO. The molecule has 0 aliphatic rings. The Labute approximate surface area is 135 Å². The van der Waals surface area contributed by atoms with E-state index in [0.29, 0.717) is 23.0 Å². The Morgan fingerprint density at radius 3 is 1.62 bits per heavy atom. The van der Waals surface area contributed by atoms with Gasteiger partial charge in [0.05, 0.1) is 0 Å². The molecule has 0 spiro atoms. The zero-order valence-corrected chi connectivity index (χ0v) is 13.2. The third-order valence-corrected chi connectivity index (χ3v) is 4.41. The Morgan fingerprint density at radius 2 is 1.29 bits per heavy atom. The van der Waals surface area contributed by atoms with Crippen LogP contribution in [0.15, 0.2) is 48.5 Å². The van der Waals surface area contributed by atoms with Gasteiger partial charge in [0.15, 0.2) is 0 Å². The minimum atomic E-state index is -0.335.